The first-order chi connectivity index (χ1) is 33.6. The van der Waals surface area contributed by atoms with Gasteiger partial charge in [0, 0.05) is 19.4 Å². The zero-order valence-corrected chi connectivity index (χ0v) is 45.4. The normalized spacial score (nSPS) is 12.7. The first-order valence-electron chi connectivity index (χ1n) is 29.5. The minimum atomic E-state index is -0.551. The number of esters is 2. The van der Waals surface area contributed by atoms with Crippen molar-refractivity contribution >= 4 is 11.9 Å². The number of ether oxygens (including phenoxy) is 3. The van der Waals surface area contributed by atoms with E-state index in [1.54, 1.807) is 0 Å². The fourth-order valence-electron chi connectivity index (χ4n) is 8.32. The summed E-state index contributed by atoms with van der Waals surface area (Å²) in [4.78, 5) is 25.5. The van der Waals surface area contributed by atoms with E-state index in [-0.39, 0.29) is 25.2 Å². The molecule has 68 heavy (non-hydrogen) atoms. The number of rotatable bonds is 54. The minimum Gasteiger partial charge on any atom is -0.462 e. The van der Waals surface area contributed by atoms with Crippen LogP contribution in [0.1, 0.15) is 290 Å². The molecule has 0 rings (SSSR count). The maximum Gasteiger partial charge on any atom is 0.306 e. The first-order valence-corrected chi connectivity index (χ1v) is 29.5. The number of carbonyl (C=O) groups excluding carboxylic acids is 2. The maximum absolute atomic E-state index is 12.9. The molecule has 0 heterocycles. The molecule has 5 heteroatoms. The molecule has 0 spiro atoms. The summed E-state index contributed by atoms with van der Waals surface area (Å²) in [6.45, 7) is 7.69. The van der Waals surface area contributed by atoms with Crippen LogP contribution in [0.15, 0.2) is 72.9 Å². The molecule has 0 aromatic rings. The SMILES string of the molecule is CC/C=C\C/C=C\C/C=C\CCCCCCCC(=O)OC(COCCCCCCCCCC/C=C\CCCCCCCC)COC(=O)CCCCCCCCCCC/C=C\C/C=C\CCCCC. The van der Waals surface area contributed by atoms with Gasteiger partial charge in [-0.25, -0.2) is 0 Å². The highest BCUT2D eigenvalue weighted by Crippen LogP contribution is 2.15. The van der Waals surface area contributed by atoms with Crippen molar-refractivity contribution in [2.75, 3.05) is 19.8 Å². The summed E-state index contributed by atoms with van der Waals surface area (Å²) in [5.41, 5.74) is 0. The lowest BCUT2D eigenvalue weighted by Crippen LogP contribution is -2.30. The third-order valence-corrected chi connectivity index (χ3v) is 12.7. The van der Waals surface area contributed by atoms with Crippen LogP contribution >= 0.6 is 0 Å². The second-order valence-electron chi connectivity index (χ2n) is 19.5. The fraction of sp³-hybridized carbons (Fsp3) is 0.778. The van der Waals surface area contributed by atoms with Gasteiger partial charge < -0.3 is 14.2 Å². The van der Waals surface area contributed by atoms with Gasteiger partial charge in [-0.2, -0.15) is 0 Å². The second kappa shape index (κ2) is 58.7. The van der Waals surface area contributed by atoms with Crippen molar-refractivity contribution in [1.29, 1.82) is 0 Å². The lowest BCUT2D eigenvalue weighted by atomic mass is 10.1. The predicted octanol–water partition coefficient (Wildman–Crippen LogP) is 20.2. The summed E-state index contributed by atoms with van der Waals surface area (Å²) in [6.07, 6.45) is 76.4. The van der Waals surface area contributed by atoms with Gasteiger partial charge in [-0.1, -0.05) is 241 Å². The maximum atomic E-state index is 12.9. The van der Waals surface area contributed by atoms with Crippen LogP contribution in [-0.4, -0.2) is 37.9 Å². The molecule has 5 nitrogen and oxygen atoms in total. The third-order valence-electron chi connectivity index (χ3n) is 12.7. The standard InChI is InChI=1S/C63H112O5/c1-4-7-10-13-16-19-22-25-28-30-32-33-36-38-41-44-47-50-53-56-62(64)67-60-61(68-63(65)57-54-51-48-45-42-39-35-27-24-21-18-15-12-9-6-3)59-66-58-55-52-49-46-43-40-37-34-31-29-26-23-20-17-14-11-8-5-2/h9,12,16,18-19,21,25-29,35,61H,4-8,10-11,13-15,17,20,22-24,30-34,36-60H2,1-3H3/b12-9-,19-16-,21-18-,28-25-,29-26-,35-27-. The molecule has 0 aliphatic carbocycles. The summed E-state index contributed by atoms with van der Waals surface area (Å²) < 4.78 is 17.5. The number of carbonyl (C=O) groups is 2. The molecule has 0 aliphatic heterocycles. The molecule has 1 unspecified atom stereocenters. The van der Waals surface area contributed by atoms with Crippen molar-refractivity contribution in [3.8, 4) is 0 Å². The summed E-state index contributed by atoms with van der Waals surface area (Å²) in [5.74, 6) is -0.414. The van der Waals surface area contributed by atoms with Crippen molar-refractivity contribution in [1.82, 2.24) is 0 Å². The van der Waals surface area contributed by atoms with E-state index in [0.29, 0.717) is 19.4 Å². The summed E-state index contributed by atoms with van der Waals surface area (Å²) >= 11 is 0. The second-order valence-corrected chi connectivity index (χ2v) is 19.5. The Morgan fingerprint density at radius 2 is 0.662 bits per heavy atom. The smallest absolute Gasteiger partial charge is 0.306 e. The predicted molar refractivity (Wildman–Crippen MR) is 297 cm³/mol. The molecule has 0 amide bonds. The van der Waals surface area contributed by atoms with Gasteiger partial charge in [-0.3, -0.25) is 9.59 Å². The Balaban J connectivity index is 4.28. The lowest BCUT2D eigenvalue weighted by molar-refractivity contribution is -0.163. The highest BCUT2D eigenvalue weighted by Gasteiger charge is 2.17. The van der Waals surface area contributed by atoms with E-state index in [1.165, 1.54) is 180 Å². The van der Waals surface area contributed by atoms with Crippen LogP contribution in [0.2, 0.25) is 0 Å². The lowest BCUT2D eigenvalue weighted by Gasteiger charge is -2.18. The first kappa shape index (κ1) is 65.3. The Hall–Kier alpha value is -2.66. The average Bonchev–Trinajstić information content (AvgIpc) is 3.34. The van der Waals surface area contributed by atoms with Crippen LogP contribution in [-0.2, 0) is 23.8 Å². The van der Waals surface area contributed by atoms with Crippen LogP contribution in [0.25, 0.3) is 0 Å². The molecule has 0 bridgehead atoms. The van der Waals surface area contributed by atoms with Gasteiger partial charge in [0.25, 0.3) is 0 Å². The minimum absolute atomic E-state index is 0.0741. The van der Waals surface area contributed by atoms with Crippen LogP contribution in [0.5, 0.6) is 0 Å². The fourth-order valence-corrected chi connectivity index (χ4v) is 8.32. The molecule has 0 N–H and O–H groups in total. The van der Waals surface area contributed by atoms with E-state index in [2.05, 4.69) is 93.7 Å². The summed E-state index contributed by atoms with van der Waals surface area (Å²) in [5, 5.41) is 0. The Kier molecular flexibility index (Phi) is 56.4. The Morgan fingerprint density at radius 1 is 0.338 bits per heavy atom. The van der Waals surface area contributed by atoms with Crippen molar-refractivity contribution < 1.29 is 23.8 Å². The molecule has 0 aromatic carbocycles. The van der Waals surface area contributed by atoms with E-state index in [0.717, 1.165) is 77.0 Å². The number of hydrogen-bond donors (Lipinski definition) is 0. The van der Waals surface area contributed by atoms with Gasteiger partial charge >= 0.3 is 11.9 Å². The van der Waals surface area contributed by atoms with Crippen LogP contribution in [0.3, 0.4) is 0 Å². The third kappa shape index (κ3) is 55.9. The van der Waals surface area contributed by atoms with E-state index >= 15 is 0 Å². The van der Waals surface area contributed by atoms with E-state index in [1.807, 2.05) is 0 Å². The van der Waals surface area contributed by atoms with Gasteiger partial charge in [0.1, 0.15) is 6.61 Å². The summed E-state index contributed by atoms with van der Waals surface area (Å²) in [6, 6.07) is 0. The molecular weight excluding hydrogens is 837 g/mol. The van der Waals surface area contributed by atoms with Gasteiger partial charge in [0.2, 0.25) is 0 Å². The Labute approximate surface area is 423 Å². The topological polar surface area (TPSA) is 61.8 Å². The molecular formula is C63H112O5. The van der Waals surface area contributed by atoms with Gasteiger partial charge in [-0.15, -0.1) is 0 Å². The largest absolute Gasteiger partial charge is 0.462 e. The number of hydrogen-bond acceptors (Lipinski definition) is 5. The summed E-state index contributed by atoms with van der Waals surface area (Å²) in [7, 11) is 0. The zero-order valence-electron chi connectivity index (χ0n) is 45.4. The van der Waals surface area contributed by atoms with Crippen molar-refractivity contribution in [3.63, 3.8) is 0 Å². The number of unbranched alkanes of at least 4 members (excludes halogenated alkanes) is 31. The highest BCUT2D eigenvalue weighted by atomic mass is 16.6. The molecule has 0 aliphatic rings. The quantitative estimate of drug-likeness (QED) is 0.0345. The molecule has 0 saturated carbocycles. The molecule has 394 valence electrons. The molecule has 0 aromatic heterocycles. The molecule has 0 saturated heterocycles. The van der Waals surface area contributed by atoms with E-state index in [4.69, 9.17) is 14.2 Å². The Morgan fingerprint density at radius 3 is 1.10 bits per heavy atom. The van der Waals surface area contributed by atoms with Gasteiger partial charge in [0.15, 0.2) is 6.10 Å². The zero-order chi connectivity index (χ0) is 49.2. The molecule has 1 atom stereocenters. The Bertz CT molecular complexity index is 1210. The van der Waals surface area contributed by atoms with Crippen molar-refractivity contribution in [3.05, 3.63) is 72.9 Å². The number of allylic oxidation sites excluding steroid dienone is 12. The van der Waals surface area contributed by atoms with E-state index in [9.17, 15) is 9.59 Å². The monoisotopic (exact) mass is 949 g/mol. The highest BCUT2D eigenvalue weighted by molar-refractivity contribution is 5.70. The average molecular weight is 950 g/mol. The van der Waals surface area contributed by atoms with Gasteiger partial charge in [-0.05, 0) is 109 Å². The molecule has 0 fully saturated rings. The van der Waals surface area contributed by atoms with Crippen LogP contribution < -0.4 is 0 Å². The van der Waals surface area contributed by atoms with E-state index < -0.39 is 6.10 Å². The van der Waals surface area contributed by atoms with Crippen LogP contribution in [0, 0.1) is 0 Å². The van der Waals surface area contributed by atoms with Crippen molar-refractivity contribution in [2.24, 2.45) is 0 Å². The van der Waals surface area contributed by atoms with Crippen molar-refractivity contribution in [2.45, 2.75) is 297 Å². The molecule has 0 radical (unpaired) electrons. The van der Waals surface area contributed by atoms with Crippen LogP contribution in [0.4, 0.5) is 0 Å². The van der Waals surface area contributed by atoms with Gasteiger partial charge in [0.05, 0.1) is 6.61 Å².